The number of rotatable bonds is 7. The van der Waals surface area contributed by atoms with Crippen molar-refractivity contribution in [2.24, 2.45) is 0 Å². The summed E-state index contributed by atoms with van der Waals surface area (Å²) in [6.45, 7) is 5.52. The third-order valence-electron chi connectivity index (χ3n) is 2.98. The Morgan fingerprint density at radius 1 is 1.35 bits per heavy atom. The van der Waals surface area contributed by atoms with E-state index in [1.807, 2.05) is 13.8 Å². The van der Waals surface area contributed by atoms with E-state index in [2.05, 4.69) is 25.2 Å². The minimum Gasteiger partial charge on any atom is -0.363 e. The zero-order chi connectivity index (χ0) is 14.6. The molecule has 110 valence electrons. The SMILES string of the molecule is CCNCc1cc(S(=O)(=O)NCc2cn[nH]c2C)c[nH]1. The van der Waals surface area contributed by atoms with Crippen molar-refractivity contribution in [2.75, 3.05) is 6.54 Å². The average molecular weight is 297 g/mol. The number of nitrogens with one attached hydrogen (secondary N) is 4. The third kappa shape index (κ3) is 3.47. The van der Waals surface area contributed by atoms with Gasteiger partial charge in [-0.2, -0.15) is 5.10 Å². The topological polar surface area (TPSA) is 103 Å². The quantitative estimate of drug-likeness (QED) is 0.602. The molecule has 4 N–H and O–H groups in total. The molecule has 0 aromatic carbocycles. The van der Waals surface area contributed by atoms with E-state index >= 15 is 0 Å². The van der Waals surface area contributed by atoms with E-state index in [1.54, 1.807) is 12.3 Å². The molecule has 20 heavy (non-hydrogen) atoms. The summed E-state index contributed by atoms with van der Waals surface area (Å²) in [6, 6.07) is 1.63. The molecule has 2 aromatic rings. The Labute approximate surface area is 118 Å². The van der Waals surface area contributed by atoms with Crippen LogP contribution in [0, 0.1) is 6.92 Å². The van der Waals surface area contributed by atoms with Crippen LogP contribution < -0.4 is 10.0 Å². The summed E-state index contributed by atoms with van der Waals surface area (Å²) in [4.78, 5) is 3.19. The van der Waals surface area contributed by atoms with E-state index in [4.69, 9.17) is 0 Å². The van der Waals surface area contributed by atoms with Gasteiger partial charge >= 0.3 is 0 Å². The minimum atomic E-state index is -3.51. The Kier molecular flexibility index (Phi) is 4.58. The first-order valence-corrected chi connectivity index (χ1v) is 7.87. The Balaban J connectivity index is 2.03. The van der Waals surface area contributed by atoms with Crippen LogP contribution in [-0.4, -0.2) is 30.1 Å². The van der Waals surface area contributed by atoms with E-state index < -0.39 is 10.0 Å². The molecule has 0 aliphatic heterocycles. The highest BCUT2D eigenvalue weighted by Gasteiger charge is 2.16. The summed E-state index contributed by atoms with van der Waals surface area (Å²) >= 11 is 0. The second-order valence-corrected chi connectivity index (χ2v) is 6.25. The van der Waals surface area contributed by atoms with E-state index in [-0.39, 0.29) is 11.4 Å². The molecule has 2 rings (SSSR count). The van der Waals surface area contributed by atoms with E-state index in [9.17, 15) is 8.42 Å². The lowest BCUT2D eigenvalue weighted by Crippen LogP contribution is -2.23. The number of aromatic nitrogens is 3. The summed E-state index contributed by atoms with van der Waals surface area (Å²) < 4.78 is 26.8. The fourth-order valence-electron chi connectivity index (χ4n) is 1.75. The first kappa shape index (κ1) is 14.8. The molecular formula is C12H19N5O2S. The number of nitrogens with zero attached hydrogens (tertiary/aromatic N) is 1. The van der Waals surface area contributed by atoms with Crippen molar-refractivity contribution >= 4 is 10.0 Å². The number of aryl methyl sites for hydroxylation is 1. The van der Waals surface area contributed by atoms with E-state index in [0.717, 1.165) is 23.5 Å². The first-order valence-electron chi connectivity index (χ1n) is 6.39. The molecule has 0 unspecified atom stereocenters. The van der Waals surface area contributed by atoms with Crippen LogP contribution in [0.5, 0.6) is 0 Å². The van der Waals surface area contributed by atoms with Crippen molar-refractivity contribution in [2.45, 2.75) is 31.8 Å². The van der Waals surface area contributed by atoms with Gasteiger partial charge in [-0.05, 0) is 19.5 Å². The van der Waals surface area contributed by atoms with Crippen LogP contribution in [0.4, 0.5) is 0 Å². The Hall–Kier alpha value is -1.64. The van der Waals surface area contributed by atoms with Crippen LogP contribution in [0.3, 0.4) is 0 Å². The molecule has 0 atom stereocenters. The van der Waals surface area contributed by atoms with Crippen LogP contribution in [0.25, 0.3) is 0 Å². The first-order chi connectivity index (χ1) is 9.53. The molecule has 0 aliphatic rings. The van der Waals surface area contributed by atoms with Crippen LogP contribution in [0.15, 0.2) is 23.4 Å². The Bertz CT molecular complexity index is 659. The molecule has 0 aliphatic carbocycles. The summed E-state index contributed by atoms with van der Waals surface area (Å²) in [5.74, 6) is 0. The molecule has 0 spiro atoms. The lowest BCUT2D eigenvalue weighted by atomic mass is 10.3. The minimum absolute atomic E-state index is 0.221. The molecule has 0 radical (unpaired) electrons. The van der Waals surface area contributed by atoms with Crippen LogP contribution >= 0.6 is 0 Å². The van der Waals surface area contributed by atoms with Crippen molar-refractivity contribution in [3.05, 3.63) is 35.4 Å². The van der Waals surface area contributed by atoms with E-state index in [0.29, 0.717) is 6.54 Å². The van der Waals surface area contributed by atoms with Gasteiger partial charge in [0, 0.05) is 36.2 Å². The standard InChI is InChI=1S/C12H19N5O2S/c1-3-13-7-11-4-12(8-14-11)20(18,19)16-6-10-5-15-17-9(10)2/h4-5,8,13-14,16H,3,6-7H2,1-2H3,(H,15,17). The highest BCUT2D eigenvalue weighted by Crippen LogP contribution is 2.12. The predicted molar refractivity (Wildman–Crippen MR) is 75.5 cm³/mol. The van der Waals surface area contributed by atoms with Gasteiger partial charge < -0.3 is 10.3 Å². The van der Waals surface area contributed by atoms with Gasteiger partial charge in [0.15, 0.2) is 0 Å². The maximum atomic E-state index is 12.1. The molecule has 8 heteroatoms. The maximum absolute atomic E-state index is 12.1. The van der Waals surface area contributed by atoms with Gasteiger partial charge in [0.1, 0.15) is 0 Å². The van der Waals surface area contributed by atoms with E-state index in [1.165, 1.54) is 6.20 Å². The Morgan fingerprint density at radius 2 is 2.15 bits per heavy atom. The summed E-state index contributed by atoms with van der Waals surface area (Å²) in [5, 5.41) is 9.76. The molecule has 0 saturated heterocycles. The van der Waals surface area contributed by atoms with Gasteiger partial charge in [-0.3, -0.25) is 5.10 Å². The number of H-pyrrole nitrogens is 2. The normalized spacial score (nSPS) is 11.9. The number of hydrogen-bond acceptors (Lipinski definition) is 4. The van der Waals surface area contributed by atoms with Crippen LogP contribution in [-0.2, 0) is 23.1 Å². The molecule has 0 saturated carbocycles. The van der Waals surface area contributed by atoms with Crippen LogP contribution in [0.1, 0.15) is 23.9 Å². The summed E-state index contributed by atoms with van der Waals surface area (Å²) in [6.07, 6.45) is 3.11. The highest BCUT2D eigenvalue weighted by molar-refractivity contribution is 7.89. The maximum Gasteiger partial charge on any atom is 0.242 e. The van der Waals surface area contributed by atoms with Gasteiger partial charge in [-0.25, -0.2) is 13.1 Å². The number of aromatic amines is 2. The number of sulfonamides is 1. The largest absolute Gasteiger partial charge is 0.363 e. The van der Waals surface area contributed by atoms with Crippen molar-refractivity contribution in [1.29, 1.82) is 0 Å². The molecule has 7 nitrogen and oxygen atoms in total. The molecule has 2 aromatic heterocycles. The second kappa shape index (κ2) is 6.21. The molecule has 0 fully saturated rings. The monoisotopic (exact) mass is 297 g/mol. The van der Waals surface area contributed by atoms with Crippen molar-refractivity contribution in [3.8, 4) is 0 Å². The molecule has 0 bridgehead atoms. The fraction of sp³-hybridized carbons (Fsp3) is 0.417. The van der Waals surface area contributed by atoms with Gasteiger partial charge in [0.05, 0.1) is 11.1 Å². The summed E-state index contributed by atoms with van der Waals surface area (Å²) in [7, 11) is -3.51. The lowest BCUT2D eigenvalue weighted by molar-refractivity contribution is 0.581. The van der Waals surface area contributed by atoms with Gasteiger partial charge in [-0.1, -0.05) is 6.92 Å². The molecule has 0 amide bonds. The van der Waals surface area contributed by atoms with Crippen molar-refractivity contribution in [1.82, 2.24) is 25.2 Å². The van der Waals surface area contributed by atoms with Crippen molar-refractivity contribution < 1.29 is 8.42 Å². The zero-order valence-corrected chi connectivity index (χ0v) is 12.3. The fourth-order valence-corrected chi connectivity index (χ4v) is 2.77. The predicted octanol–water partition coefficient (Wildman–Crippen LogP) is 0.634. The number of hydrogen-bond donors (Lipinski definition) is 4. The highest BCUT2D eigenvalue weighted by atomic mass is 32.2. The second-order valence-electron chi connectivity index (χ2n) is 4.49. The van der Waals surface area contributed by atoms with Gasteiger partial charge in [0.25, 0.3) is 0 Å². The van der Waals surface area contributed by atoms with Gasteiger partial charge in [0.2, 0.25) is 10.0 Å². The zero-order valence-electron chi connectivity index (χ0n) is 11.5. The third-order valence-corrected chi connectivity index (χ3v) is 4.36. The molecular weight excluding hydrogens is 278 g/mol. The average Bonchev–Trinajstić information content (AvgIpc) is 3.03. The van der Waals surface area contributed by atoms with Crippen molar-refractivity contribution in [3.63, 3.8) is 0 Å². The summed E-state index contributed by atoms with van der Waals surface area (Å²) in [5.41, 5.74) is 2.53. The van der Waals surface area contributed by atoms with Crippen LogP contribution in [0.2, 0.25) is 0 Å². The Morgan fingerprint density at radius 3 is 2.80 bits per heavy atom. The van der Waals surface area contributed by atoms with Gasteiger partial charge in [-0.15, -0.1) is 0 Å². The lowest BCUT2D eigenvalue weighted by Gasteiger charge is -2.03. The molecule has 2 heterocycles. The smallest absolute Gasteiger partial charge is 0.242 e.